The molecule has 1 aromatic heterocycles. The zero-order valence-corrected chi connectivity index (χ0v) is 17.1. The normalized spacial score (nSPS) is 15.8. The molecule has 3 rings (SSSR count). The average Bonchev–Trinajstić information content (AvgIpc) is 3.27. The first kappa shape index (κ1) is 20.2. The summed E-state index contributed by atoms with van der Waals surface area (Å²) in [5.41, 5.74) is 0.574. The van der Waals surface area contributed by atoms with Crippen LogP contribution in [-0.2, 0) is 4.79 Å². The summed E-state index contributed by atoms with van der Waals surface area (Å²) in [5.74, 6) is 1.16. The summed E-state index contributed by atoms with van der Waals surface area (Å²) < 4.78 is 10.5. The van der Waals surface area contributed by atoms with Crippen LogP contribution >= 0.6 is 11.3 Å². The molecule has 28 heavy (non-hydrogen) atoms. The molecular formula is C20H25N3O4S. The lowest BCUT2D eigenvalue weighted by molar-refractivity contribution is -0.121. The molecule has 0 unspecified atom stereocenters. The number of hydrogen-bond donors (Lipinski definition) is 1. The monoisotopic (exact) mass is 403 g/mol. The van der Waals surface area contributed by atoms with Crippen LogP contribution in [0, 0.1) is 0 Å². The predicted molar refractivity (Wildman–Crippen MR) is 109 cm³/mol. The Labute approximate surface area is 168 Å². The van der Waals surface area contributed by atoms with Crippen molar-refractivity contribution in [2.24, 2.45) is 0 Å². The summed E-state index contributed by atoms with van der Waals surface area (Å²) >= 11 is 1.45. The number of anilines is 1. The van der Waals surface area contributed by atoms with Gasteiger partial charge in [0, 0.05) is 32.2 Å². The summed E-state index contributed by atoms with van der Waals surface area (Å²) in [7, 11) is 3.14. The number of thiophene rings is 1. The molecule has 0 aliphatic carbocycles. The van der Waals surface area contributed by atoms with E-state index in [1.54, 1.807) is 32.4 Å². The van der Waals surface area contributed by atoms with E-state index in [-0.39, 0.29) is 17.9 Å². The van der Waals surface area contributed by atoms with E-state index in [9.17, 15) is 9.59 Å². The number of piperazine rings is 1. The second kappa shape index (κ2) is 9.07. The smallest absolute Gasteiger partial charge is 0.264 e. The summed E-state index contributed by atoms with van der Waals surface area (Å²) in [6.07, 6.45) is 0. The summed E-state index contributed by atoms with van der Waals surface area (Å²) in [6.45, 7) is 4.40. The van der Waals surface area contributed by atoms with Crippen molar-refractivity contribution >= 4 is 28.8 Å². The number of ether oxygens (including phenoxy) is 2. The standard InChI is InChI=1S/C20H25N3O4S/c1-14(19(24)21-16-13-15(26-2)6-7-17(16)27-3)22-8-10-23(11-9-22)20(25)18-5-4-12-28-18/h4-7,12-14H,8-11H2,1-3H3,(H,21,24)/t14-/m0/s1. The fraction of sp³-hybridized carbons (Fsp3) is 0.400. The minimum Gasteiger partial charge on any atom is -0.497 e. The molecule has 2 amide bonds. The molecular weight excluding hydrogens is 378 g/mol. The summed E-state index contributed by atoms with van der Waals surface area (Å²) in [5, 5.41) is 4.83. The van der Waals surface area contributed by atoms with Gasteiger partial charge in [0.15, 0.2) is 0 Å². The van der Waals surface area contributed by atoms with Gasteiger partial charge in [-0.25, -0.2) is 0 Å². The molecule has 1 aliphatic heterocycles. The molecule has 2 aromatic rings. The molecule has 0 spiro atoms. The quantitative estimate of drug-likeness (QED) is 0.803. The number of methoxy groups -OCH3 is 2. The van der Waals surface area contributed by atoms with E-state index >= 15 is 0 Å². The van der Waals surface area contributed by atoms with E-state index in [2.05, 4.69) is 10.2 Å². The van der Waals surface area contributed by atoms with Gasteiger partial charge in [0.1, 0.15) is 11.5 Å². The third kappa shape index (κ3) is 4.45. The maximum absolute atomic E-state index is 12.8. The highest BCUT2D eigenvalue weighted by Gasteiger charge is 2.28. The molecule has 1 atom stereocenters. The van der Waals surface area contributed by atoms with Crippen molar-refractivity contribution in [2.45, 2.75) is 13.0 Å². The van der Waals surface area contributed by atoms with E-state index < -0.39 is 0 Å². The molecule has 1 aromatic carbocycles. The van der Waals surface area contributed by atoms with Crippen molar-refractivity contribution in [3.05, 3.63) is 40.6 Å². The lowest BCUT2D eigenvalue weighted by atomic mass is 10.2. The van der Waals surface area contributed by atoms with Crippen LogP contribution in [0.5, 0.6) is 11.5 Å². The van der Waals surface area contributed by atoms with Crippen molar-refractivity contribution in [2.75, 3.05) is 45.7 Å². The van der Waals surface area contributed by atoms with Crippen LogP contribution in [-0.4, -0.2) is 68.1 Å². The van der Waals surface area contributed by atoms with Gasteiger partial charge in [-0.15, -0.1) is 11.3 Å². The summed E-state index contributed by atoms with van der Waals surface area (Å²) in [6, 6.07) is 8.68. The second-order valence-electron chi connectivity index (χ2n) is 6.54. The van der Waals surface area contributed by atoms with Crippen LogP contribution in [0.25, 0.3) is 0 Å². The molecule has 0 saturated carbocycles. The predicted octanol–water partition coefficient (Wildman–Crippen LogP) is 2.55. The largest absolute Gasteiger partial charge is 0.497 e. The first-order valence-electron chi connectivity index (χ1n) is 9.13. The van der Waals surface area contributed by atoms with E-state index in [1.165, 1.54) is 11.3 Å². The molecule has 8 heteroatoms. The highest BCUT2D eigenvalue weighted by molar-refractivity contribution is 7.12. The van der Waals surface area contributed by atoms with Crippen molar-refractivity contribution < 1.29 is 19.1 Å². The van der Waals surface area contributed by atoms with Gasteiger partial charge in [-0.2, -0.15) is 0 Å². The lowest BCUT2D eigenvalue weighted by Crippen LogP contribution is -2.53. The van der Waals surface area contributed by atoms with Crippen molar-refractivity contribution in [3.8, 4) is 11.5 Å². The third-order valence-corrected chi connectivity index (χ3v) is 5.78. The van der Waals surface area contributed by atoms with Crippen molar-refractivity contribution in [3.63, 3.8) is 0 Å². The number of benzene rings is 1. The van der Waals surface area contributed by atoms with Crippen LogP contribution in [0.4, 0.5) is 5.69 Å². The first-order valence-corrected chi connectivity index (χ1v) is 10.0. The van der Waals surface area contributed by atoms with Crippen molar-refractivity contribution in [1.29, 1.82) is 0 Å². The third-order valence-electron chi connectivity index (χ3n) is 4.93. The van der Waals surface area contributed by atoms with E-state index in [1.807, 2.05) is 29.3 Å². The second-order valence-corrected chi connectivity index (χ2v) is 7.48. The van der Waals surface area contributed by atoms with Gasteiger partial charge in [-0.1, -0.05) is 6.07 Å². The van der Waals surface area contributed by atoms with Gasteiger partial charge < -0.3 is 19.7 Å². The molecule has 0 bridgehead atoms. The van der Waals surface area contributed by atoms with Gasteiger partial charge in [0.2, 0.25) is 5.91 Å². The number of amides is 2. The Bertz CT molecular complexity index is 817. The zero-order chi connectivity index (χ0) is 20.1. The van der Waals surface area contributed by atoms with Crippen LogP contribution in [0.3, 0.4) is 0 Å². The highest BCUT2D eigenvalue weighted by Crippen LogP contribution is 2.29. The van der Waals surface area contributed by atoms with Gasteiger partial charge in [-0.05, 0) is 30.5 Å². The van der Waals surface area contributed by atoms with E-state index in [0.717, 1.165) is 4.88 Å². The number of nitrogens with zero attached hydrogens (tertiary/aromatic N) is 2. The number of carbonyl (C=O) groups excluding carboxylic acids is 2. The molecule has 1 aliphatic rings. The van der Waals surface area contributed by atoms with Crippen molar-refractivity contribution in [1.82, 2.24) is 9.80 Å². The maximum Gasteiger partial charge on any atom is 0.264 e. The molecule has 1 N–H and O–H groups in total. The Morgan fingerprint density at radius 3 is 2.46 bits per heavy atom. The Kier molecular flexibility index (Phi) is 6.53. The Hall–Kier alpha value is -2.58. The number of hydrogen-bond acceptors (Lipinski definition) is 6. The lowest BCUT2D eigenvalue weighted by Gasteiger charge is -2.37. The molecule has 150 valence electrons. The average molecular weight is 404 g/mol. The molecule has 1 saturated heterocycles. The molecule has 1 fully saturated rings. The minimum atomic E-state index is -0.324. The minimum absolute atomic E-state index is 0.0628. The Morgan fingerprint density at radius 1 is 1.11 bits per heavy atom. The first-order chi connectivity index (χ1) is 13.5. The van der Waals surface area contributed by atoms with Gasteiger partial charge in [-0.3, -0.25) is 14.5 Å². The molecule has 7 nitrogen and oxygen atoms in total. The van der Waals surface area contributed by atoms with Crippen LogP contribution in [0.15, 0.2) is 35.7 Å². The highest BCUT2D eigenvalue weighted by atomic mass is 32.1. The Balaban J connectivity index is 1.58. The zero-order valence-electron chi connectivity index (χ0n) is 16.3. The number of nitrogens with one attached hydrogen (secondary N) is 1. The summed E-state index contributed by atoms with van der Waals surface area (Å²) in [4.78, 5) is 29.9. The fourth-order valence-corrected chi connectivity index (χ4v) is 3.87. The van der Waals surface area contributed by atoms with Gasteiger partial charge in [0.05, 0.1) is 30.8 Å². The van der Waals surface area contributed by atoms with E-state index in [4.69, 9.17) is 9.47 Å². The fourth-order valence-electron chi connectivity index (χ4n) is 3.18. The van der Waals surface area contributed by atoms with Gasteiger partial charge >= 0.3 is 0 Å². The van der Waals surface area contributed by atoms with Crippen LogP contribution in [0.2, 0.25) is 0 Å². The number of carbonyl (C=O) groups is 2. The molecule has 2 heterocycles. The topological polar surface area (TPSA) is 71.1 Å². The van der Waals surface area contributed by atoms with Crippen LogP contribution < -0.4 is 14.8 Å². The van der Waals surface area contributed by atoms with Gasteiger partial charge in [0.25, 0.3) is 5.91 Å². The SMILES string of the molecule is COc1ccc(OC)c(NC(=O)[C@H](C)N2CCN(C(=O)c3cccs3)CC2)c1. The molecule has 0 radical (unpaired) electrons. The van der Waals surface area contributed by atoms with Crippen LogP contribution in [0.1, 0.15) is 16.6 Å². The van der Waals surface area contributed by atoms with E-state index in [0.29, 0.717) is 43.4 Å². The Morgan fingerprint density at radius 2 is 1.86 bits per heavy atom. The number of rotatable bonds is 6. The maximum atomic E-state index is 12.8.